The number of hydrogen-bond donors (Lipinski definition) is 1. The number of hydrogen-bond acceptors (Lipinski definition) is 5. The van der Waals surface area contributed by atoms with Gasteiger partial charge in [-0.05, 0) is 36.2 Å². The van der Waals surface area contributed by atoms with E-state index < -0.39 is 0 Å². The summed E-state index contributed by atoms with van der Waals surface area (Å²) in [6.07, 6.45) is 5.37. The lowest BCUT2D eigenvalue weighted by atomic mass is 10.1. The van der Waals surface area contributed by atoms with E-state index in [1.54, 1.807) is 12.5 Å². The van der Waals surface area contributed by atoms with Crippen molar-refractivity contribution < 1.29 is 4.79 Å². The van der Waals surface area contributed by atoms with Gasteiger partial charge in [0, 0.05) is 24.6 Å². The largest absolute Gasteiger partial charge is 0.351 e. The molecular weight excluding hydrogens is 396 g/mol. The molecule has 0 aliphatic heterocycles. The quantitative estimate of drug-likeness (QED) is 0.445. The summed E-state index contributed by atoms with van der Waals surface area (Å²) in [6.45, 7) is 3.27. The Balaban J connectivity index is 1.27. The average molecular weight is 419 g/mol. The fraction of sp³-hybridized carbons (Fsp3) is 0.182. The van der Waals surface area contributed by atoms with E-state index in [0.717, 1.165) is 17.8 Å². The third-order valence-corrected chi connectivity index (χ3v) is 5.52. The molecule has 30 heavy (non-hydrogen) atoms. The molecule has 0 atom stereocenters. The predicted molar refractivity (Wildman–Crippen MR) is 116 cm³/mol. The molecule has 2 aromatic heterocycles. The molecule has 0 unspecified atom stereocenters. The van der Waals surface area contributed by atoms with Crippen molar-refractivity contribution in [1.29, 1.82) is 0 Å². The molecule has 0 aliphatic carbocycles. The zero-order valence-electron chi connectivity index (χ0n) is 16.6. The first-order valence-corrected chi connectivity index (χ1v) is 10.6. The van der Waals surface area contributed by atoms with Gasteiger partial charge < -0.3 is 5.32 Å². The number of thioether (sulfide) groups is 1. The SMILES string of the molecule is Cc1ccc(-n2cnnc2SCC(=O)NCc2ccc(Cn3cccn3)cc2)cc1. The standard InChI is InChI=1S/C22H22N6OS/c1-17-3-9-20(10-4-17)28-16-24-26-22(28)30-15-21(29)23-13-18-5-7-19(8-6-18)14-27-12-2-11-25-27/h2-12,16H,13-15H2,1H3,(H,23,29). The molecule has 7 nitrogen and oxygen atoms in total. The molecule has 1 amide bonds. The molecule has 1 N–H and O–H groups in total. The molecule has 152 valence electrons. The third kappa shape index (κ3) is 5.15. The minimum Gasteiger partial charge on any atom is -0.351 e. The van der Waals surface area contributed by atoms with E-state index in [-0.39, 0.29) is 11.7 Å². The van der Waals surface area contributed by atoms with Crippen molar-refractivity contribution in [2.45, 2.75) is 25.2 Å². The van der Waals surface area contributed by atoms with Crippen LogP contribution in [0, 0.1) is 6.92 Å². The normalized spacial score (nSPS) is 10.8. The van der Waals surface area contributed by atoms with Gasteiger partial charge in [-0.1, -0.05) is 53.7 Å². The molecule has 4 aromatic rings. The van der Waals surface area contributed by atoms with Crippen LogP contribution in [0.5, 0.6) is 0 Å². The van der Waals surface area contributed by atoms with Gasteiger partial charge in [0.15, 0.2) is 5.16 Å². The highest BCUT2D eigenvalue weighted by Gasteiger charge is 2.10. The molecule has 0 saturated carbocycles. The molecule has 0 fully saturated rings. The molecular formula is C22H22N6OS. The smallest absolute Gasteiger partial charge is 0.230 e. The molecule has 0 radical (unpaired) electrons. The second-order valence-electron chi connectivity index (χ2n) is 6.90. The highest BCUT2D eigenvalue weighted by atomic mass is 32.2. The summed E-state index contributed by atoms with van der Waals surface area (Å²) in [4.78, 5) is 12.3. The van der Waals surface area contributed by atoms with E-state index in [9.17, 15) is 4.79 Å². The summed E-state index contributed by atoms with van der Waals surface area (Å²) < 4.78 is 3.76. The number of aryl methyl sites for hydroxylation is 1. The van der Waals surface area contributed by atoms with Crippen LogP contribution in [-0.4, -0.2) is 36.2 Å². The van der Waals surface area contributed by atoms with Crippen LogP contribution in [0.3, 0.4) is 0 Å². The Kier molecular flexibility index (Phi) is 6.24. The number of nitrogens with zero attached hydrogens (tertiary/aromatic N) is 5. The Morgan fingerprint density at radius 1 is 1.07 bits per heavy atom. The van der Waals surface area contributed by atoms with Crippen LogP contribution in [0.4, 0.5) is 0 Å². The van der Waals surface area contributed by atoms with Gasteiger partial charge in [0.1, 0.15) is 6.33 Å². The first-order chi connectivity index (χ1) is 14.7. The van der Waals surface area contributed by atoms with Crippen molar-refractivity contribution in [2.24, 2.45) is 0 Å². The van der Waals surface area contributed by atoms with Crippen LogP contribution in [0.15, 0.2) is 78.5 Å². The van der Waals surface area contributed by atoms with E-state index in [2.05, 4.69) is 32.7 Å². The zero-order chi connectivity index (χ0) is 20.8. The Bertz CT molecular complexity index is 1090. The minimum atomic E-state index is -0.0425. The Hall–Kier alpha value is -3.39. The van der Waals surface area contributed by atoms with Gasteiger partial charge in [-0.2, -0.15) is 5.10 Å². The Labute approximate surface area is 179 Å². The molecule has 0 aliphatic rings. The summed E-state index contributed by atoms with van der Waals surface area (Å²) in [5.41, 5.74) is 4.39. The van der Waals surface area contributed by atoms with Crippen LogP contribution in [0.1, 0.15) is 16.7 Å². The molecule has 8 heteroatoms. The average Bonchev–Trinajstić information content (AvgIpc) is 3.44. The topological polar surface area (TPSA) is 77.6 Å². The second kappa shape index (κ2) is 9.41. The summed E-state index contributed by atoms with van der Waals surface area (Å²) in [7, 11) is 0. The van der Waals surface area contributed by atoms with E-state index >= 15 is 0 Å². The summed E-state index contributed by atoms with van der Waals surface area (Å²) in [5, 5.41) is 16.0. The predicted octanol–water partition coefficient (Wildman–Crippen LogP) is 3.23. The molecule has 0 bridgehead atoms. The van der Waals surface area contributed by atoms with Gasteiger partial charge in [0.25, 0.3) is 0 Å². The summed E-state index contributed by atoms with van der Waals surface area (Å²) in [6, 6.07) is 18.2. The number of rotatable bonds is 8. The summed E-state index contributed by atoms with van der Waals surface area (Å²) >= 11 is 1.37. The molecule has 4 rings (SSSR count). The maximum absolute atomic E-state index is 12.3. The van der Waals surface area contributed by atoms with Crippen molar-refractivity contribution in [3.05, 3.63) is 90.0 Å². The number of carbonyl (C=O) groups is 1. The van der Waals surface area contributed by atoms with Crippen LogP contribution in [0.2, 0.25) is 0 Å². The van der Waals surface area contributed by atoms with Gasteiger partial charge >= 0.3 is 0 Å². The third-order valence-electron chi connectivity index (χ3n) is 4.58. The number of amides is 1. The lowest BCUT2D eigenvalue weighted by Crippen LogP contribution is -2.24. The number of benzene rings is 2. The van der Waals surface area contributed by atoms with E-state index in [1.807, 2.05) is 64.8 Å². The minimum absolute atomic E-state index is 0.0425. The monoisotopic (exact) mass is 418 g/mol. The second-order valence-corrected chi connectivity index (χ2v) is 7.85. The van der Waals surface area contributed by atoms with Gasteiger partial charge in [-0.3, -0.25) is 14.0 Å². The highest BCUT2D eigenvalue weighted by molar-refractivity contribution is 7.99. The van der Waals surface area contributed by atoms with Gasteiger partial charge in [0.05, 0.1) is 12.3 Å². The molecule has 2 heterocycles. The van der Waals surface area contributed by atoms with Crippen LogP contribution >= 0.6 is 11.8 Å². The van der Waals surface area contributed by atoms with Gasteiger partial charge in [-0.15, -0.1) is 10.2 Å². The Morgan fingerprint density at radius 2 is 1.83 bits per heavy atom. The first kappa shape index (κ1) is 19.9. The van der Waals surface area contributed by atoms with Crippen LogP contribution < -0.4 is 5.32 Å². The lowest BCUT2D eigenvalue weighted by Gasteiger charge is -2.08. The highest BCUT2D eigenvalue weighted by Crippen LogP contribution is 2.19. The number of aromatic nitrogens is 5. The molecule has 0 saturated heterocycles. The van der Waals surface area contributed by atoms with E-state index in [4.69, 9.17) is 0 Å². The van der Waals surface area contributed by atoms with Crippen molar-refractivity contribution in [3.8, 4) is 5.69 Å². The van der Waals surface area contributed by atoms with Crippen molar-refractivity contribution in [2.75, 3.05) is 5.75 Å². The summed E-state index contributed by atoms with van der Waals surface area (Å²) in [5.74, 6) is 0.237. The first-order valence-electron chi connectivity index (χ1n) is 9.59. The fourth-order valence-corrected chi connectivity index (χ4v) is 3.69. The fourth-order valence-electron chi connectivity index (χ4n) is 2.93. The van der Waals surface area contributed by atoms with Crippen LogP contribution in [0.25, 0.3) is 5.69 Å². The zero-order valence-corrected chi connectivity index (χ0v) is 17.4. The molecule has 0 spiro atoms. The van der Waals surface area contributed by atoms with Crippen LogP contribution in [-0.2, 0) is 17.9 Å². The maximum atomic E-state index is 12.3. The lowest BCUT2D eigenvalue weighted by molar-refractivity contribution is -0.118. The van der Waals surface area contributed by atoms with Crippen molar-refractivity contribution in [1.82, 2.24) is 29.9 Å². The van der Waals surface area contributed by atoms with Crippen molar-refractivity contribution in [3.63, 3.8) is 0 Å². The maximum Gasteiger partial charge on any atom is 0.230 e. The van der Waals surface area contributed by atoms with Gasteiger partial charge in [-0.25, -0.2) is 0 Å². The number of carbonyl (C=O) groups excluding carboxylic acids is 1. The van der Waals surface area contributed by atoms with Crippen molar-refractivity contribution >= 4 is 17.7 Å². The number of nitrogens with one attached hydrogen (secondary N) is 1. The molecule has 2 aromatic carbocycles. The van der Waals surface area contributed by atoms with Gasteiger partial charge in [0.2, 0.25) is 5.91 Å². The van der Waals surface area contributed by atoms with E-state index in [1.165, 1.54) is 22.9 Å². The van der Waals surface area contributed by atoms with E-state index in [0.29, 0.717) is 11.7 Å². The Morgan fingerprint density at radius 3 is 2.57 bits per heavy atom.